The van der Waals surface area contributed by atoms with Gasteiger partial charge in [-0.2, -0.15) is 10.2 Å². The maximum absolute atomic E-state index is 14.1. The average Bonchev–Trinajstić information content (AvgIpc) is 3.68. The zero-order valence-electron chi connectivity index (χ0n) is 25.2. The Morgan fingerprint density at radius 1 is 0.864 bits per heavy atom. The molecule has 2 unspecified atom stereocenters. The van der Waals surface area contributed by atoms with Crippen LogP contribution in [0.4, 0.5) is 0 Å². The molecule has 44 heavy (non-hydrogen) atoms. The van der Waals surface area contributed by atoms with Crippen molar-refractivity contribution in [1.82, 2.24) is 10.0 Å². The molecular weight excluding hydrogens is 550 g/mol. The number of hydrazone groups is 1. The predicted molar refractivity (Wildman–Crippen MR) is 168 cm³/mol. The first-order chi connectivity index (χ1) is 21.3. The standard InChI is InChI=1S/C36H35N5O3/c1-21-10-14-24(15-11-21)19-27-8-5-9-28-31(27)38-41(33(28)25-16-12-22(2)13-17-25)29(42)20-40-34-32(37-39-40)35(43)30(36(34)44)26-7-4-6-23(3)18-26/h4,6-7,10-19,28,30,32-34H,5,8-9,20H2,1-3H3/b27-19+/t28?,30?,32-,33+,34-/m0/s1. The maximum Gasteiger partial charge on any atom is 0.264 e. The Kier molecular flexibility index (Phi) is 7.07. The van der Waals surface area contributed by atoms with Crippen LogP contribution >= 0.6 is 0 Å². The van der Waals surface area contributed by atoms with E-state index >= 15 is 0 Å². The smallest absolute Gasteiger partial charge is 0.264 e. The zero-order valence-corrected chi connectivity index (χ0v) is 25.2. The Hall–Kier alpha value is -4.72. The lowest BCUT2D eigenvalue weighted by Crippen LogP contribution is -2.44. The van der Waals surface area contributed by atoms with Gasteiger partial charge >= 0.3 is 0 Å². The molecule has 3 aromatic carbocycles. The highest BCUT2D eigenvalue weighted by atomic mass is 16.2. The Bertz CT molecular complexity index is 1740. The number of carbonyl (C=O) groups is 3. The van der Waals surface area contributed by atoms with E-state index in [0.717, 1.165) is 52.8 Å². The van der Waals surface area contributed by atoms with Crippen molar-refractivity contribution in [1.29, 1.82) is 0 Å². The second kappa shape index (κ2) is 11.1. The van der Waals surface area contributed by atoms with Crippen molar-refractivity contribution in [3.05, 3.63) is 112 Å². The van der Waals surface area contributed by atoms with Gasteiger partial charge in [-0.3, -0.25) is 19.4 Å². The molecule has 0 bridgehead atoms. The summed E-state index contributed by atoms with van der Waals surface area (Å²) in [7, 11) is 0. The third-order valence-electron chi connectivity index (χ3n) is 9.33. The van der Waals surface area contributed by atoms with Crippen molar-refractivity contribution in [2.24, 2.45) is 21.4 Å². The summed E-state index contributed by atoms with van der Waals surface area (Å²) in [6.07, 6.45) is 5.02. The molecule has 0 saturated heterocycles. The van der Waals surface area contributed by atoms with E-state index < -0.39 is 18.0 Å². The largest absolute Gasteiger partial charge is 0.296 e. The lowest BCUT2D eigenvalue weighted by atomic mass is 9.77. The van der Waals surface area contributed by atoms with E-state index in [1.807, 2.05) is 32.0 Å². The molecule has 1 amide bonds. The fraction of sp³-hybridized carbons (Fsp3) is 0.333. The fourth-order valence-corrected chi connectivity index (χ4v) is 7.09. The third kappa shape index (κ3) is 4.88. The van der Waals surface area contributed by atoms with Crippen molar-refractivity contribution in [3.63, 3.8) is 0 Å². The molecule has 0 N–H and O–H groups in total. The Morgan fingerprint density at radius 2 is 1.59 bits per heavy atom. The van der Waals surface area contributed by atoms with Crippen molar-refractivity contribution in [3.8, 4) is 0 Å². The zero-order chi connectivity index (χ0) is 30.5. The van der Waals surface area contributed by atoms with E-state index in [-0.39, 0.29) is 36.0 Å². The number of carbonyl (C=O) groups excluding carboxylic acids is 3. The predicted octanol–water partition coefficient (Wildman–Crippen LogP) is 6.09. The first-order valence-electron chi connectivity index (χ1n) is 15.3. The number of hydrogen-bond donors (Lipinski definition) is 0. The van der Waals surface area contributed by atoms with Crippen LogP contribution in [-0.2, 0) is 14.4 Å². The van der Waals surface area contributed by atoms with Crippen molar-refractivity contribution in [2.45, 2.75) is 64.1 Å². The lowest BCUT2D eigenvalue weighted by molar-refractivity contribution is -0.136. The van der Waals surface area contributed by atoms with E-state index in [9.17, 15) is 14.4 Å². The molecule has 5 atom stereocenters. The summed E-state index contributed by atoms with van der Waals surface area (Å²) in [5.41, 5.74) is 8.22. The highest BCUT2D eigenvalue weighted by molar-refractivity contribution is 6.19. The minimum atomic E-state index is -0.898. The van der Waals surface area contributed by atoms with Crippen LogP contribution in [0.15, 0.2) is 93.8 Å². The summed E-state index contributed by atoms with van der Waals surface area (Å²) >= 11 is 0. The summed E-state index contributed by atoms with van der Waals surface area (Å²) in [4.78, 5) is 41.1. The molecule has 3 aromatic rings. The average molecular weight is 586 g/mol. The molecule has 8 heteroatoms. The number of aryl methyl sites for hydroxylation is 3. The molecule has 2 fully saturated rings. The number of hydrogen-bond acceptors (Lipinski definition) is 7. The Balaban J connectivity index is 1.19. The molecular formula is C36H35N5O3. The number of rotatable bonds is 5. The number of Topliss-reactive ketones (excluding diaryl/α,β-unsaturated/α-hetero) is 2. The molecule has 8 nitrogen and oxygen atoms in total. The second-order valence-electron chi connectivity index (χ2n) is 12.5. The quantitative estimate of drug-likeness (QED) is 0.339. The van der Waals surface area contributed by atoms with E-state index in [4.69, 9.17) is 5.10 Å². The number of allylic oxidation sites excluding steroid dienone is 1. The fourth-order valence-electron chi connectivity index (χ4n) is 7.09. The van der Waals surface area contributed by atoms with Gasteiger partial charge in [-0.15, -0.1) is 0 Å². The van der Waals surface area contributed by atoms with Gasteiger partial charge in [0.05, 0.1) is 11.8 Å². The van der Waals surface area contributed by atoms with Gasteiger partial charge in [0, 0.05) is 5.92 Å². The summed E-state index contributed by atoms with van der Waals surface area (Å²) in [5, 5.41) is 16.3. The molecule has 4 aliphatic rings. The van der Waals surface area contributed by atoms with E-state index in [1.165, 1.54) is 10.6 Å². The van der Waals surface area contributed by atoms with Gasteiger partial charge < -0.3 is 0 Å². The number of benzene rings is 3. The van der Waals surface area contributed by atoms with Crippen LogP contribution in [0.2, 0.25) is 0 Å². The molecule has 0 spiro atoms. The molecule has 2 aliphatic carbocycles. The van der Waals surface area contributed by atoms with Gasteiger partial charge in [-0.1, -0.05) is 94.7 Å². The number of amides is 1. The highest BCUT2D eigenvalue weighted by Gasteiger charge is 2.56. The molecule has 0 aromatic heterocycles. The number of ketones is 2. The SMILES string of the molecule is Cc1ccc(/C=C2\CCCC3C2=NN(C(=O)CN2N=N[C@@H]4C(=O)C(c5cccc(C)c5)C(=O)[C@H]42)[C@@H]3c2ccc(C)cc2)cc1. The summed E-state index contributed by atoms with van der Waals surface area (Å²) in [6.45, 7) is 5.86. The van der Waals surface area contributed by atoms with Crippen LogP contribution in [0.25, 0.3) is 6.08 Å². The monoisotopic (exact) mass is 585 g/mol. The first kappa shape index (κ1) is 28.1. The van der Waals surface area contributed by atoms with Crippen LogP contribution in [0.5, 0.6) is 0 Å². The molecule has 2 saturated carbocycles. The van der Waals surface area contributed by atoms with Crippen LogP contribution in [-0.4, -0.2) is 51.8 Å². The third-order valence-corrected chi connectivity index (χ3v) is 9.33. The number of fused-ring (bicyclic) bond motifs is 2. The molecule has 2 aliphatic heterocycles. The molecule has 7 rings (SSSR count). The second-order valence-corrected chi connectivity index (χ2v) is 12.5. The van der Waals surface area contributed by atoms with Crippen molar-refractivity contribution >= 4 is 29.3 Å². The van der Waals surface area contributed by atoms with Crippen LogP contribution < -0.4 is 0 Å². The Morgan fingerprint density at radius 3 is 2.32 bits per heavy atom. The highest BCUT2D eigenvalue weighted by Crippen LogP contribution is 2.45. The summed E-state index contributed by atoms with van der Waals surface area (Å²) in [5.74, 6) is -1.64. The van der Waals surface area contributed by atoms with Crippen molar-refractivity contribution < 1.29 is 14.4 Å². The van der Waals surface area contributed by atoms with Gasteiger partial charge in [-0.05, 0) is 68.4 Å². The normalized spacial score (nSPS) is 26.8. The number of nitrogens with zero attached hydrogens (tertiary/aromatic N) is 5. The first-order valence-corrected chi connectivity index (χ1v) is 15.3. The van der Waals surface area contributed by atoms with Crippen LogP contribution in [0.3, 0.4) is 0 Å². The van der Waals surface area contributed by atoms with E-state index in [0.29, 0.717) is 5.56 Å². The van der Waals surface area contributed by atoms with Gasteiger partial charge in [0.1, 0.15) is 18.5 Å². The van der Waals surface area contributed by atoms with Gasteiger partial charge in [-0.25, -0.2) is 5.01 Å². The molecule has 2 heterocycles. The summed E-state index contributed by atoms with van der Waals surface area (Å²) < 4.78 is 0. The van der Waals surface area contributed by atoms with Gasteiger partial charge in [0.15, 0.2) is 17.6 Å². The van der Waals surface area contributed by atoms with Crippen LogP contribution in [0.1, 0.15) is 64.6 Å². The van der Waals surface area contributed by atoms with Crippen LogP contribution in [0, 0.1) is 26.7 Å². The lowest BCUT2D eigenvalue weighted by Gasteiger charge is -2.30. The van der Waals surface area contributed by atoms with Crippen molar-refractivity contribution in [2.75, 3.05) is 6.54 Å². The van der Waals surface area contributed by atoms with E-state index in [1.54, 1.807) is 11.1 Å². The maximum atomic E-state index is 14.1. The van der Waals surface area contributed by atoms with E-state index in [2.05, 4.69) is 71.9 Å². The minimum absolute atomic E-state index is 0.0560. The minimum Gasteiger partial charge on any atom is -0.296 e. The Labute approximate surface area is 257 Å². The van der Waals surface area contributed by atoms with Gasteiger partial charge in [0.2, 0.25) is 0 Å². The topological polar surface area (TPSA) is 94.8 Å². The molecule has 222 valence electrons. The van der Waals surface area contributed by atoms with Gasteiger partial charge in [0.25, 0.3) is 5.91 Å². The molecule has 0 radical (unpaired) electrons. The summed E-state index contributed by atoms with van der Waals surface area (Å²) in [6, 6.07) is 22.1.